The number of ether oxygens (including phenoxy) is 1. The van der Waals surface area contributed by atoms with Crippen LogP contribution in [0.5, 0.6) is 5.75 Å². The second-order valence-electron chi connectivity index (χ2n) is 7.03. The molecule has 0 bridgehead atoms. The third kappa shape index (κ3) is 5.22. The van der Waals surface area contributed by atoms with E-state index in [0.29, 0.717) is 10.8 Å². The van der Waals surface area contributed by atoms with Crippen molar-refractivity contribution in [3.05, 3.63) is 102 Å². The molecule has 32 heavy (non-hydrogen) atoms. The van der Waals surface area contributed by atoms with Crippen LogP contribution >= 0.6 is 11.6 Å². The number of hydrogen-bond acceptors (Lipinski definition) is 4. The first-order valence-electron chi connectivity index (χ1n) is 10.1. The Bertz CT molecular complexity index is 1210. The predicted molar refractivity (Wildman–Crippen MR) is 126 cm³/mol. The molecule has 0 radical (unpaired) electrons. The van der Waals surface area contributed by atoms with Crippen molar-refractivity contribution in [1.82, 2.24) is 15.2 Å². The summed E-state index contributed by atoms with van der Waals surface area (Å²) >= 11 is 5.87. The lowest BCUT2D eigenvalue weighted by Crippen LogP contribution is -2.33. The fourth-order valence-corrected chi connectivity index (χ4v) is 3.17. The van der Waals surface area contributed by atoms with Crippen molar-refractivity contribution in [2.45, 2.75) is 13.0 Å². The summed E-state index contributed by atoms with van der Waals surface area (Å²) in [6.45, 7) is 1.66. The van der Waals surface area contributed by atoms with Gasteiger partial charge >= 0.3 is 0 Å². The topological polar surface area (TPSA) is 68.5 Å². The lowest BCUT2D eigenvalue weighted by molar-refractivity contribution is -0.127. The van der Waals surface area contributed by atoms with E-state index in [-0.39, 0.29) is 5.91 Å². The SMILES string of the molecule is CC(Oc1ccc(Cl)cc1)C(=O)NN=Cc1cn(-c2ccccc2)nc1-c1ccccc1. The Kier molecular flexibility index (Phi) is 6.63. The molecule has 0 spiro atoms. The fraction of sp³-hybridized carbons (Fsp3) is 0.0800. The number of nitrogens with zero attached hydrogens (tertiary/aromatic N) is 3. The number of hydrazone groups is 1. The molecule has 6 nitrogen and oxygen atoms in total. The molecular formula is C25H21ClN4O2. The zero-order valence-corrected chi connectivity index (χ0v) is 18.1. The highest BCUT2D eigenvalue weighted by molar-refractivity contribution is 6.30. The van der Waals surface area contributed by atoms with Gasteiger partial charge in [0.15, 0.2) is 6.10 Å². The number of halogens is 1. The van der Waals surface area contributed by atoms with E-state index in [1.807, 2.05) is 66.9 Å². The van der Waals surface area contributed by atoms with Gasteiger partial charge in [0, 0.05) is 22.3 Å². The maximum absolute atomic E-state index is 12.4. The third-order valence-electron chi connectivity index (χ3n) is 4.68. The Hall–Kier alpha value is -3.90. The van der Waals surface area contributed by atoms with Crippen molar-refractivity contribution in [2.24, 2.45) is 5.10 Å². The molecule has 0 aliphatic rings. The van der Waals surface area contributed by atoms with Gasteiger partial charge in [0.2, 0.25) is 0 Å². The number of para-hydroxylation sites is 1. The highest BCUT2D eigenvalue weighted by atomic mass is 35.5. The van der Waals surface area contributed by atoms with Crippen molar-refractivity contribution in [2.75, 3.05) is 0 Å². The molecule has 7 heteroatoms. The van der Waals surface area contributed by atoms with Crippen LogP contribution in [0.1, 0.15) is 12.5 Å². The minimum Gasteiger partial charge on any atom is -0.481 e. The summed E-state index contributed by atoms with van der Waals surface area (Å²) in [6, 6.07) is 26.5. The van der Waals surface area contributed by atoms with Gasteiger partial charge in [0.25, 0.3) is 5.91 Å². The molecule has 1 N–H and O–H groups in total. The zero-order valence-electron chi connectivity index (χ0n) is 17.4. The molecule has 3 aromatic carbocycles. The van der Waals surface area contributed by atoms with E-state index >= 15 is 0 Å². The zero-order chi connectivity index (χ0) is 22.3. The largest absolute Gasteiger partial charge is 0.481 e. The second-order valence-corrected chi connectivity index (χ2v) is 7.46. The molecule has 0 fully saturated rings. The summed E-state index contributed by atoms with van der Waals surface area (Å²) in [5.74, 6) is 0.185. The van der Waals surface area contributed by atoms with Crippen LogP contribution in [0.4, 0.5) is 0 Å². The molecular weight excluding hydrogens is 424 g/mol. The van der Waals surface area contributed by atoms with Crippen molar-refractivity contribution in [3.8, 4) is 22.7 Å². The van der Waals surface area contributed by atoms with Gasteiger partial charge in [0.1, 0.15) is 11.4 Å². The van der Waals surface area contributed by atoms with Crippen molar-refractivity contribution >= 4 is 23.7 Å². The van der Waals surface area contributed by atoms with E-state index in [9.17, 15) is 4.79 Å². The van der Waals surface area contributed by atoms with Crippen LogP contribution in [-0.2, 0) is 4.79 Å². The molecule has 4 rings (SSSR count). The number of carbonyl (C=O) groups is 1. The van der Waals surface area contributed by atoms with Crippen molar-refractivity contribution in [1.29, 1.82) is 0 Å². The average molecular weight is 445 g/mol. The van der Waals surface area contributed by atoms with Gasteiger partial charge in [-0.15, -0.1) is 0 Å². The van der Waals surface area contributed by atoms with Gasteiger partial charge in [0.05, 0.1) is 11.9 Å². The van der Waals surface area contributed by atoms with Crippen LogP contribution in [0, 0.1) is 0 Å². The van der Waals surface area contributed by atoms with E-state index in [4.69, 9.17) is 21.4 Å². The first-order chi connectivity index (χ1) is 15.6. The van der Waals surface area contributed by atoms with Gasteiger partial charge in [-0.05, 0) is 43.3 Å². The Morgan fingerprint density at radius 1 is 1.03 bits per heavy atom. The van der Waals surface area contributed by atoms with Crippen molar-refractivity contribution < 1.29 is 9.53 Å². The van der Waals surface area contributed by atoms with E-state index in [0.717, 1.165) is 22.5 Å². The van der Waals surface area contributed by atoms with Gasteiger partial charge in [-0.25, -0.2) is 10.1 Å². The molecule has 1 aromatic heterocycles. The number of aromatic nitrogens is 2. The van der Waals surface area contributed by atoms with Crippen LogP contribution < -0.4 is 10.2 Å². The number of amides is 1. The number of nitrogens with one attached hydrogen (secondary N) is 1. The number of benzene rings is 3. The highest BCUT2D eigenvalue weighted by Crippen LogP contribution is 2.22. The Morgan fingerprint density at radius 2 is 1.69 bits per heavy atom. The average Bonchev–Trinajstić information content (AvgIpc) is 3.26. The summed E-state index contributed by atoms with van der Waals surface area (Å²) in [6.07, 6.45) is 2.73. The molecule has 0 saturated heterocycles. The van der Waals surface area contributed by atoms with E-state index in [2.05, 4.69) is 10.5 Å². The molecule has 0 aliphatic heterocycles. The van der Waals surface area contributed by atoms with Gasteiger partial charge < -0.3 is 4.74 Å². The molecule has 1 unspecified atom stereocenters. The lowest BCUT2D eigenvalue weighted by Gasteiger charge is -2.12. The first kappa shape index (κ1) is 21.3. The number of hydrogen-bond donors (Lipinski definition) is 1. The molecule has 1 amide bonds. The monoisotopic (exact) mass is 444 g/mol. The van der Waals surface area contributed by atoms with Crippen LogP contribution in [0.2, 0.25) is 5.02 Å². The van der Waals surface area contributed by atoms with Gasteiger partial charge in [-0.2, -0.15) is 10.2 Å². The molecule has 1 heterocycles. The summed E-state index contributed by atoms with van der Waals surface area (Å²) in [7, 11) is 0. The Labute approximate surface area is 191 Å². The van der Waals surface area contributed by atoms with E-state index < -0.39 is 6.10 Å². The van der Waals surface area contributed by atoms with E-state index in [1.165, 1.54) is 0 Å². The van der Waals surface area contributed by atoms with Crippen LogP contribution in [-0.4, -0.2) is 28.0 Å². The summed E-state index contributed by atoms with van der Waals surface area (Å²) in [4.78, 5) is 12.4. The normalized spacial score (nSPS) is 11.9. The lowest BCUT2D eigenvalue weighted by atomic mass is 10.1. The summed E-state index contributed by atoms with van der Waals surface area (Å²) in [5.41, 5.74) is 5.95. The van der Waals surface area contributed by atoms with Crippen LogP contribution in [0.3, 0.4) is 0 Å². The maximum atomic E-state index is 12.4. The molecule has 0 saturated carbocycles. The smallest absolute Gasteiger partial charge is 0.280 e. The predicted octanol–water partition coefficient (Wildman–Crippen LogP) is 5.11. The standard InChI is InChI=1S/C25H21ClN4O2/c1-18(32-23-14-12-21(26)13-15-23)25(31)28-27-16-20-17-30(22-10-6-3-7-11-22)29-24(20)19-8-4-2-5-9-19/h2-18H,1H3,(H,28,31). The highest BCUT2D eigenvalue weighted by Gasteiger charge is 2.15. The fourth-order valence-electron chi connectivity index (χ4n) is 3.04. The maximum Gasteiger partial charge on any atom is 0.280 e. The van der Waals surface area contributed by atoms with Crippen molar-refractivity contribution in [3.63, 3.8) is 0 Å². The Morgan fingerprint density at radius 3 is 2.38 bits per heavy atom. The molecule has 0 aliphatic carbocycles. The number of rotatable bonds is 7. The first-order valence-corrected chi connectivity index (χ1v) is 10.4. The Balaban J connectivity index is 1.50. The van der Waals surface area contributed by atoms with Crippen LogP contribution in [0.15, 0.2) is 96.2 Å². The second kappa shape index (κ2) is 9.94. The quantitative estimate of drug-likeness (QED) is 0.318. The minimum absolute atomic E-state index is 0.368. The molecule has 1 atom stereocenters. The van der Waals surface area contributed by atoms with Gasteiger partial charge in [-0.1, -0.05) is 60.1 Å². The summed E-state index contributed by atoms with van der Waals surface area (Å²) in [5, 5.41) is 9.46. The molecule has 160 valence electrons. The summed E-state index contributed by atoms with van der Waals surface area (Å²) < 4.78 is 7.42. The number of carbonyl (C=O) groups excluding carboxylic acids is 1. The molecule has 4 aromatic rings. The van der Waals surface area contributed by atoms with E-state index in [1.54, 1.807) is 42.1 Å². The minimum atomic E-state index is -0.728. The third-order valence-corrected chi connectivity index (χ3v) is 4.94. The van der Waals surface area contributed by atoms with Gasteiger partial charge in [-0.3, -0.25) is 4.79 Å². The van der Waals surface area contributed by atoms with Crippen LogP contribution in [0.25, 0.3) is 16.9 Å².